The summed E-state index contributed by atoms with van der Waals surface area (Å²) in [4.78, 5) is 39.1. The number of carbonyl (C=O) groups excluding carboxylic acids is 3. The van der Waals surface area contributed by atoms with Gasteiger partial charge < -0.3 is 10.2 Å². The molecule has 0 spiro atoms. The van der Waals surface area contributed by atoms with Gasteiger partial charge in [-0.2, -0.15) is 4.31 Å². The predicted octanol–water partition coefficient (Wildman–Crippen LogP) is 0.227. The number of benzene rings is 1. The second kappa shape index (κ2) is 6.53. The van der Waals surface area contributed by atoms with E-state index in [0.717, 1.165) is 16.8 Å². The first kappa shape index (κ1) is 18.6. The zero-order valence-electron chi connectivity index (χ0n) is 15.9. The van der Waals surface area contributed by atoms with Gasteiger partial charge in [-0.15, -0.1) is 0 Å². The lowest BCUT2D eigenvalue weighted by atomic mass is 10.00. The van der Waals surface area contributed by atoms with Crippen LogP contribution in [-0.4, -0.2) is 67.7 Å². The van der Waals surface area contributed by atoms with Gasteiger partial charge in [0.25, 0.3) is 0 Å². The Balaban J connectivity index is 1.37. The molecule has 0 bridgehead atoms. The minimum Gasteiger partial charge on any atom is -0.329 e. The highest BCUT2D eigenvalue weighted by Gasteiger charge is 2.40. The highest BCUT2D eigenvalue weighted by molar-refractivity contribution is 7.89. The Morgan fingerprint density at radius 2 is 1.59 bits per heavy atom. The minimum absolute atomic E-state index is 0.00870. The number of anilines is 1. The number of carbonyl (C=O) groups is 3. The summed E-state index contributed by atoms with van der Waals surface area (Å²) in [6.07, 6.45) is 2.51. The fourth-order valence-corrected chi connectivity index (χ4v) is 6.44. The molecule has 4 aliphatic rings. The molecule has 29 heavy (non-hydrogen) atoms. The standard InChI is InChI=1S/C19H22N4O5S/c24-16-2-1-12-9-15(10-13-3-8-22(16)18(12)13)29(27,28)21-6-4-14(5-7-21)23-17(25)11-20-19(23)26/h9-10,14H,1-8,11H2,(H,20,26). The molecular weight excluding hydrogens is 396 g/mol. The van der Waals surface area contributed by atoms with Crippen LogP contribution in [0, 0.1) is 0 Å². The largest absolute Gasteiger partial charge is 0.329 e. The number of nitrogens with one attached hydrogen (secondary N) is 1. The van der Waals surface area contributed by atoms with Gasteiger partial charge in [0.05, 0.1) is 17.1 Å². The van der Waals surface area contributed by atoms with Crippen molar-refractivity contribution in [3.63, 3.8) is 0 Å². The highest BCUT2D eigenvalue weighted by Crippen LogP contribution is 2.39. The first-order valence-electron chi connectivity index (χ1n) is 9.92. The second-order valence-electron chi connectivity index (χ2n) is 7.94. The van der Waals surface area contributed by atoms with Gasteiger partial charge in [-0.25, -0.2) is 13.2 Å². The maximum atomic E-state index is 13.3. The molecule has 2 saturated heterocycles. The van der Waals surface area contributed by atoms with E-state index in [-0.39, 0.29) is 42.4 Å². The topological polar surface area (TPSA) is 107 Å². The van der Waals surface area contributed by atoms with Crippen molar-refractivity contribution < 1.29 is 22.8 Å². The van der Waals surface area contributed by atoms with Gasteiger partial charge >= 0.3 is 6.03 Å². The Hall–Kier alpha value is -2.46. The third-order valence-corrected chi connectivity index (χ3v) is 8.21. The molecule has 2 fully saturated rings. The molecule has 0 aliphatic carbocycles. The van der Waals surface area contributed by atoms with E-state index in [9.17, 15) is 22.8 Å². The van der Waals surface area contributed by atoms with E-state index in [0.29, 0.717) is 38.6 Å². The van der Waals surface area contributed by atoms with E-state index >= 15 is 0 Å². The first-order valence-corrected chi connectivity index (χ1v) is 11.4. The second-order valence-corrected chi connectivity index (χ2v) is 9.88. The molecule has 0 atom stereocenters. The van der Waals surface area contributed by atoms with E-state index in [2.05, 4.69) is 5.32 Å². The van der Waals surface area contributed by atoms with Crippen LogP contribution < -0.4 is 10.2 Å². The van der Waals surface area contributed by atoms with E-state index in [1.165, 1.54) is 9.21 Å². The summed E-state index contributed by atoms with van der Waals surface area (Å²) in [6.45, 7) is 1.15. The lowest BCUT2D eigenvalue weighted by Gasteiger charge is -2.34. The van der Waals surface area contributed by atoms with Crippen molar-refractivity contribution in [1.29, 1.82) is 0 Å². The van der Waals surface area contributed by atoms with Crippen LogP contribution in [0.1, 0.15) is 30.4 Å². The number of sulfonamides is 1. The van der Waals surface area contributed by atoms with Gasteiger partial charge in [0.1, 0.15) is 0 Å². The molecule has 4 amide bonds. The minimum atomic E-state index is -3.67. The van der Waals surface area contributed by atoms with Crippen LogP contribution in [0.4, 0.5) is 10.5 Å². The Labute approximate surface area is 168 Å². The van der Waals surface area contributed by atoms with Gasteiger partial charge in [-0.1, -0.05) is 0 Å². The van der Waals surface area contributed by atoms with Crippen molar-refractivity contribution in [3.05, 3.63) is 23.3 Å². The maximum absolute atomic E-state index is 13.3. The highest BCUT2D eigenvalue weighted by atomic mass is 32.2. The summed E-state index contributed by atoms with van der Waals surface area (Å²) in [7, 11) is -3.67. The molecule has 1 aromatic carbocycles. The Kier molecular flexibility index (Phi) is 4.18. The number of nitrogens with zero attached hydrogens (tertiary/aromatic N) is 3. The zero-order valence-corrected chi connectivity index (χ0v) is 16.7. The number of hydrogen-bond acceptors (Lipinski definition) is 5. The van der Waals surface area contributed by atoms with Crippen LogP contribution in [0.5, 0.6) is 0 Å². The third-order valence-electron chi connectivity index (χ3n) is 6.33. The van der Waals surface area contributed by atoms with Gasteiger partial charge in [0.2, 0.25) is 21.8 Å². The normalized spacial score (nSPS) is 23.0. The molecule has 154 valence electrons. The van der Waals surface area contributed by atoms with Crippen LogP contribution in [0.25, 0.3) is 0 Å². The molecule has 5 rings (SSSR count). The summed E-state index contributed by atoms with van der Waals surface area (Å²) >= 11 is 0. The van der Waals surface area contributed by atoms with E-state index in [4.69, 9.17) is 0 Å². The van der Waals surface area contributed by atoms with Crippen molar-refractivity contribution in [2.24, 2.45) is 0 Å². The summed E-state index contributed by atoms with van der Waals surface area (Å²) in [6, 6.07) is 2.75. The van der Waals surface area contributed by atoms with Crippen LogP contribution >= 0.6 is 0 Å². The van der Waals surface area contributed by atoms with Crippen LogP contribution in [0.2, 0.25) is 0 Å². The Morgan fingerprint density at radius 1 is 0.897 bits per heavy atom. The van der Waals surface area contributed by atoms with Crippen molar-refractivity contribution in [2.45, 2.75) is 43.0 Å². The van der Waals surface area contributed by atoms with Crippen LogP contribution in [0.15, 0.2) is 17.0 Å². The average Bonchev–Trinajstić information content (AvgIpc) is 3.29. The Bertz CT molecular complexity index is 1010. The monoisotopic (exact) mass is 418 g/mol. The molecule has 10 heteroatoms. The number of amides is 4. The number of hydrogen-bond donors (Lipinski definition) is 1. The van der Waals surface area contributed by atoms with Crippen molar-refractivity contribution in [3.8, 4) is 0 Å². The molecule has 4 aliphatic heterocycles. The molecule has 9 nitrogen and oxygen atoms in total. The molecule has 1 N–H and O–H groups in total. The molecule has 1 aromatic rings. The first-order chi connectivity index (χ1) is 13.9. The molecule has 0 saturated carbocycles. The quantitative estimate of drug-likeness (QED) is 0.707. The number of aryl methyl sites for hydroxylation is 1. The summed E-state index contributed by atoms with van der Waals surface area (Å²) in [5.74, 6) is -0.150. The van der Waals surface area contributed by atoms with Crippen molar-refractivity contribution in [1.82, 2.24) is 14.5 Å². The zero-order chi connectivity index (χ0) is 20.3. The lowest BCUT2D eigenvalue weighted by Crippen LogP contribution is -2.49. The van der Waals surface area contributed by atoms with Gasteiger partial charge in [-0.3, -0.25) is 14.5 Å². The number of urea groups is 1. The third kappa shape index (κ3) is 2.84. The molecule has 0 unspecified atom stereocenters. The van der Waals surface area contributed by atoms with Crippen molar-refractivity contribution >= 4 is 33.6 Å². The fourth-order valence-electron chi connectivity index (χ4n) is 4.87. The SMILES string of the molecule is O=C1CCc2cc(S(=O)(=O)N3CCC(N4C(=O)CNC4=O)CC3)cc3c2N1CC3. The smallest absolute Gasteiger partial charge is 0.324 e. The lowest BCUT2D eigenvalue weighted by molar-refractivity contribution is -0.127. The van der Waals surface area contributed by atoms with Gasteiger partial charge in [0.15, 0.2) is 0 Å². The summed E-state index contributed by atoms with van der Waals surface area (Å²) in [5.41, 5.74) is 2.74. The summed E-state index contributed by atoms with van der Waals surface area (Å²) < 4.78 is 28.0. The number of imide groups is 1. The molecule has 4 heterocycles. The van der Waals surface area contributed by atoms with Crippen LogP contribution in [-0.2, 0) is 32.5 Å². The van der Waals surface area contributed by atoms with Crippen molar-refractivity contribution in [2.75, 3.05) is 31.1 Å². The van der Waals surface area contributed by atoms with Gasteiger partial charge in [-0.05, 0) is 48.9 Å². The number of rotatable bonds is 3. The molecular formula is C19H22N4O5S. The van der Waals surface area contributed by atoms with Crippen LogP contribution in [0.3, 0.4) is 0 Å². The molecule has 0 radical (unpaired) electrons. The average molecular weight is 418 g/mol. The predicted molar refractivity (Wildman–Crippen MR) is 103 cm³/mol. The van der Waals surface area contributed by atoms with E-state index in [1.54, 1.807) is 17.0 Å². The van der Waals surface area contributed by atoms with Gasteiger partial charge in [0, 0.05) is 32.1 Å². The van der Waals surface area contributed by atoms with E-state index < -0.39 is 16.1 Å². The maximum Gasteiger partial charge on any atom is 0.324 e. The fraction of sp³-hybridized carbons (Fsp3) is 0.526. The number of piperidine rings is 1. The molecule has 0 aromatic heterocycles. The van der Waals surface area contributed by atoms with E-state index in [1.807, 2.05) is 0 Å². The summed E-state index contributed by atoms with van der Waals surface area (Å²) in [5, 5.41) is 2.51. The Morgan fingerprint density at radius 3 is 2.24 bits per heavy atom.